The Morgan fingerprint density at radius 2 is 2.00 bits per heavy atom. The number of nitrogen functional groups attached to an aromatic ring is 1. The lowest BCUT2D eigenvalue weighted by atomic mass is 10.0. The fraction of sp³-hybridized carbons (Fsp3) is 0.300. The summed E-state index contributed by atoms with van der Waals surface area (Å²) in [6.07, 6.45) is 2.27. The van der Waals surface area contributed by atoms with Crippen molar-refractivity contribution in [2.75, 3.05) is 18.8 Å². The molecule has 2 aromatic heterocycles. The standard InChI is InChI=1S/C20H22N6O2.ClH/c21-19-18-17(23-12-24-19)5-4-16(25-18)14-3-1-2-13(10-14)11-22-15-6-8-26(9-7-15)20(27)28;/h1-5,10,12,15,22H,6-9,11H2,(H,27,28)(H2,21,23,24);1H. The van der Waals surface area contributed by atoms with Gasteiger partial charge in [0.05, 0.1) is 11.2 Å². The highest BCUT2D eigenvalue weighted by atomic mass is 35.5. The van der Waals surface area contributed by atoms with E-state index in [0.717, 1.165) is 41.7 Å². The number of pyridine rings is 1. The molecular weight excluding hydrogens is 392 g/mol. The largest absolute Gasteiger partial charge is 0.465 e. The smallest absolute Gasteiger partial charge is 0.407 e. The molecule has 4 N–H and O–H groups in total. The second kappa shape index (κ2) is 9.02. The molecule has 1 aliphatic heterocycles. The van der Waals surface area contributed by atoms with Gasteiger partial charge in [0.25, 0.3) is 0 Å². The first-order valence-electron chi connectivity index (χ1n) is 9.28. The van der Waals surface area contributed by atoms with Crippen LogP contribution in [0.3, 0.4) is 0 Å². The first kappa shape index (κ1) is 20.8. The Labute approximate surface area is 174 Å². The minimum absolute atomic E-state index is 0. The lowest BCUT2D eigenvalue weighted by Crippen LogP contribution is -2.44. The Morgan fingerprint density at radius 3 is 2.76 bits per heavy atom. The van der Waals surface area contributed by atoms with Gasteiger partial charge in [-0.25, -0.2) is 19.7 Å². The highest BCUT2D eigenvalue weighted by Crippen LogP contribution is 2.23. The van der Waals surface area contributed by atoms with Gasteiger partial charge >= 0.3 is 6.09 Å². The van der Waals surface area contributed by atoms with Gasteiger partial charge in [0.2, 0.25) is 0 Å². The molecule has 0 spiro atoms. The van der Waals surface area contributed by atoms with E-state index in [9.17, 15) is 4.79 Å². The second-order valence-electron chi connectivity index (χ2n) is 6.95. The Morgan fingerprint density at radius 1 is 1.21 bits per heavy atom. The Bertz CT molecular complexity index is 1010. The zero-order valence-corrected chi connectivity index (χ0v) is 16.6. The van der Waals surface area contributed by atoms with Crippen molar-refractivity contribution in [1.82, 2.24) is 25.2 Å². The number of piperidine rings is 1. The minimum atomic E-state index is -0.833. The number of carboxylic acid groups (broad SMARTS) is 1. The number of likely N-dealkylation sites (tertiary alicyclic amines) is 1. The molecule has 8 nitrogen and oxygen atoms in total. The highest BCUT2D eigenvalue weighted by Gasteiger charge is 2.21. The highest BCUT2D eigenvalue weighted by molar-refractivity contribution is 5.86. The fourth-order valence-corrected chi connectivity index (χ4v) is 3.50. The van der Waals surface area contributed by atoms with E-state index in [1.54, 1.807) is 0 Å². The van der Waals surface area contributed by atoms with Crippen molar-refractivity contribution in [3.05, 3.63) is 48.3 Å². The van der Waals surface area contributed by atoms with E-state index in [1.807, 2.05) is 24.3 Å². The van der Waals surface area contributed by atoms with E-state index >= 15 is 0 Å². The van der Waals surface area contributed by atoms with Crippen molar-refractivity contribution in [2.24, 2.45) is 0 Å². The fourth-order valence-electron chi connectivity index (χ4n) is 3.50. The van der Waals surface area contributed by atoms with Crippen molar-refractivity contribution < 1.29 is 9.90 Å². The monoisotopic (exact) mass is 414 g/mol. The van der Waals surface area contributed by atoms with Crippen molar-refractivity contribution >= 4 is 35.4 Å². The summed E-state index contributed by atoms with van der Waals surface area (Å²) in [6.45, 7) is 1.89. The van der Waals surface area contributed by atoms with Crippen LogP contribution in [0.25, 0.3) is 22.3 Å². The number of hydrogen-bond acceptors (Lipinski definition) is 6. The van der Waals surface area contributed by atoms with Crippen LogP contribution in [0.15, 0.2) is 42.7 Å². The van der Waals surface area contributed by atoms with Crippen molar-refractivity contribution in [2.45, 2.75) is 25.4 Å². The number of nitrogens with zero attached hydrogens (tertiary/aromatic N) is 4. The SMILES string of the molecule is Cl.Nc1ncnc2ccc(-c3cccc(CNC4CCN(C(=O)O)CC4)c3)nc12. The van der Waals surface area contributed by atoms with Crippen LogP contribution in [0, 0.1) is 0 Å². The molecule has 0 radical (unpaired) electrons. The van der Waals surface area contributed by atoms with Crippen LogP contribution in [0.2, 0.25) is 0 Å². The topological polar surface area (TPSA) is 117 Å². The molecule has 9 heteroatoms. The molecule has 1 aromatic carbocycles. The number of benzene rings is 1. The number of nitrogens with one attached hydrogen (secondary N) is 1. The molecule has 3 heterocycles. The Kier molecular flexibility index (Phi) is 6.46. The molecular formula is C20H23ClN6O2. The predicted octanol–water partition coefficient (Wildman–Crippen LogP) is 2.93. The third-order valence-corrected chi connectivity index (χ3v) is 5.09. The van der Waals surface area contributed by atoms with Gasteiger partial charge in [0.1, 0.15) is 11.8 Å². The molecule has 0 bridgehead atoms. The molecule has 0 aliphatic carbocycles. The third-order valence-electron chi connectivity index (χ3n) is 5.09. The average Bonchev–Trinajstić information content (AvgIpc) is 2.73. The van der Waals surface area contributed by atoms with Crippen LogP contribution in [-0.2, 0) is 6.54 Å². The molecule has 4 rings (SSSR count). The number of hydrogen-bond donors (Lipinski definition) is 3. The maximum atomic E-state index is 11.0. The molecule has 0 atom stereocenters. The number of fused-ring (bicyclic) bond motifs is 1. The molecule has 0 saturated carbocycles. The average molecular weight is 415 g/mol. The third kappa shape index (κ3) is 4.72. The van der Waals surface area contributed by atoms with Crippen molar-refractivity contribution in [3.63, 3.8) is 0 Å². The van der Waals surface area contributed by atoms with E-state index in [2.05, 4.69) is 32.4 Å². The summed E-state index contributed by atoms with van der Waals surface area (Å²) >= 11 is 0. The lowest BCUT2D eigenvalue weighted by Gasteiger charge is -2.30. The summed E-state index contributed by atoms with van der Waals surface area (Å²) in [5.74, 6) is 0.373. The number of aromatic nitrogens is 3. The summed E-state index contributed by atoms with van der Waals surface area (Å²) in [7, 11) is 0. The van der Waals surface area contributed by atoms with Crippen LogP contribution < -0.4 is 11.1 Å². The van der Waals surface area contributed by atoms with Gasteiger partial charge in [0.15, 0.2) is 5.82 Å². The van der Waals surface area contributed by atoms with Gasteiger partial charge in [-0.2, -0.15) is 0 Å². The van der Waals surface area contributed by atoms with E-state index in [4.69, 9.17) is 10.8 Å². The molecule has 1 saturated heterocycles. The van der Waals surface area contributed by atoms with Crippen LogP contribution in [0.5, 0.6) is 0 Å². The number of carbonyl (C=O) groups is 1. The maximum Gasteiger partial charge on any atom is 0.407 e. The van der Waals surface area contributed by atoms with Gasteiger partial charge in [-0.05, 0) is 36.6 Å². The van der Waals surface area contributed by atoms with E-state index in [1.165, 1.54) is 11.2 Å². The summed E-state index contributed by atoms with van der Waals surface area (Å²) in [5, 5.41) is 12.6. The number of nitrogens with two attached hydrogens (primary N) is 1. The predicted molar refractivity (Wildman–Crippen MR) is 114 cm³/mol. The van der Waals surface area contributed by atoms with Crippen LogP contribution in [-0.4, -0.2) is 50.2 Å². The lowest BCUT2D eigenvalue weighted by molar-refractivity contribution is 0.129. The van der Waals surface area contributed by atoms with Crippen LogP contribution >= 0.6 is 12.4 Å². The molecule has 0 unspecified atom stereocenters. The zero-order chi connectivity index (χ0) is 19.5. The van der Waals surface area contributed by atoms with Gasteiger partial charge in [0, 0.05) is 31.2 Å². The normalized spacial score (nSPS) is 14.6. The summed E-state index contributed by atoms with van der Waals surface area (Å²) in [4.78, 5) is 25.3. The summed E-state index contributed by atoms with van der Waals surface area (Å²) in [5.41, 5.74) is 10.2. The van der Waals surface area contributed by atoms with Gasteiger partial charge in [-0.15, -0.1) is 12.4 Å². The van der Waals surface area contributed by atoms with Crippen molar-refractivity contribution in [3.8, 4) is 11.3 Å². The number of halogens is 1. The number of rotatable bonds is 4. The molecule has 1 amide bonds. The van der Waals surface area contributed by atoms with E-state index in [0.29, 0.717) is 30.5 Å². The Hall–Kier alpha value is -2.97. The van der Waals surface area contributed by atoms with Gasteiger partial charge in [-0.1, -0.05) is 18.2 Å². The Balaban J connectivity index is 0.00000240. The summed E-state index contributed by atoms with van der Waals surface area (Å²) < 4.78 is 0. The number of anilines is 1. The molecule has 1 aliphatic rings. The molecule has 29 heavy (non-hydrogen) atoms. The van der Waals surface area contributed by atoms with Gasteiger partial charge in [-0.3, -0.25) is 0 Å². The second-order valence-corrected chi connectivity index (χ2v) is 6.95. The molecule has 3 aromatic rings. The first-order chi connectivity index (χ1) is 13.6. The van der Waals surface area contributed by atoms with E-state index < -0.39 is 6.09 Å². The van der Waals surface area contributed by atoms with Crippen LogP contribution in [0.4, 0.5) is 10.6 Å². The first-order valence-corrected chi connectivity index (χ1v) is 9.28. The molecule has 152 valence electrons. The minimum Gasteiger partial charge on any atom is -0.465 e. The van der Waals surface area contributed by atoms with E-state index in [-0.39, 0.29) is 12.4 Å². The quantitative estimate of drug-likeness (QED) is 0.600. The van der Waals surface area contributed by atoms with Gasteiger partial charge < -0.3 is 21.1 Å². The number of amides is 1. The summed E-state index contributed by atoms with van der Waals surface area (Å²) in [6, 6.07) is 12.4. The van der Waals surface area contributed by atoms with Crippen molar-refractivity contribution in [1.29, 1.82) is 0 Å². The zero-order valence-electron chi connectivity index (χ0n) is 15.8. The molecule has 1 fully saturated rings. The maximum absolute atomic E-state index is 11.0. The van der Waals surface area contributed by atoms with Crippen LogP contribution in [0.1, 0.15) is 18.4 Å².